The summed E-state index contributed by atoms with van der Waals surface area (Å²) in [7, 11) is 0. The molecule has 0 aliphatic carbocycles. The number of nitrogens with zero attached hydrogens (tertiary/aromatic N) is 1. The zero-order valence-corrected chi connectivity index (χ0v) is 12.8. The zero-order valence-electron chi connectivity index (χ0n) is 12.0. The number of ether oxygens (including phenoxy) is 1. The largest absolute Gasteiger partial charge is 0.466 e. The Labute approximate surface area is 131 Å². The van der Waals surface area contributed by atoms with Gasteiger partial charge in [-0.15, -0.1) is 11.3 Å². The van der Waals surface area contributed by atoms with Crippen LogP contribution < -0.4 is 0 Å². The molecule has 0 amide bonds. The van der Waals surface area contributed by atoms with Gasteiger partial charge in [0.2, 0.25) is 0 Å². The standard InChI is InChI=1S/C17H14FNO2S/c1-2-21-15(20)9-12-10-22-17(19-12)14-8-7-11-5-3-4-6-13(11)16(14)18/h3-8,10H,2,9H2,1H3. The second-order valence-electron chi connectivity index (χ2n) is 4.77. The Hall–Kier alpha value is -2.27. The first-order valence-corrected chi connectivity index (χ1v) is 7.84. The molecule has 3 rings (SSSR count). The van der Waals surface area contributed by atoms with Crippen molar-refractivity contribution < 1.29 is 13.9 Å². The van der Waals surface area contributed by atoms with Gasteiger partial charge in [0.15, 0.2) is 0 Å². The van der Waals surface area contributed by atoms with Gasteiger partial charge < -0.3 is 4.74 Å². The average molecular weight is 315 g/mol. The van der Waals surface area contributed by atoms with Crippen LogP contribution in [0.3, 0.4) is 0 Å². The molecule has 0 saturated carbocycles. The summed E-state index contributed by atoms with van der Waals surface area (Å²) in [5.74, 6) is -0.603. The molecule has 0 aliphatic heterocycles. The predicted molar refractivity (Wildman–Crippen MR) is 85.4 cm³/mol. The lowest BCUT2D eigenvalue weighted by molar-refractivity contribution is -0.142. The summed E-state index contributed by atoms with van der Waals surface area (Å²) in [4.78, 5) is 15.8. The summed E-state index contributed by atoms with van der Waals surface area (Å²) in [6, 6.07) is 10.9. The SMILES string of the molecule is CCOC(=O)Cc1csc(-c2ccc3ccccc3c2F)n1. The van der Waals surface area contributed by atoms with Crippen LogP contribution in [0.1, 0.15) is 12.6 Å². The Balaban J connectivity index is 1.93. The van der Waals surface area contributed by atoms with Gasteiger partial charge in [-0.25, -0.2) is 9.37 Å². The Kier molecular flexibility index (Phi) is 4.15. The minimum Gasteiger partial charge on any atom is -0.466 e. The minimum absolute atomic E-state index is 0.111. The van der Waals surface area contributed by atoms with Crippen molar-refractivity contribution in [1.29, 1.82) is 0 Å². The molecule has 0 N–H and O–H groups in total. The fourth-order valence-electron chi connectivity index (χ4n) is 2.27. The van der Waals surface area contributed by atoms with Crippen LogP contribution in [0.2, 0.25) is 0 Å². The van der Waals surface area contributed by atoms with E-state index in [0.29, 0.717) is 28.3 Å². The fraction of sp³-hybridized carbons (Fsp3) is 0.176. The highest BCUT2D eigenvalue weighted by molar-refractivity contribution is 7.13. The highest BCUT2D eigenvalue weighted by atomic mass is 32.1. The van der Waals surface area contributed by atoms with Crippen molar-refractivity contribution in [2.75, 3.05) is 6.61 Å². The molecular weight excluding hydrogens is 301 g/mol. The quantitative estimate of drug-likeness (QED) is 0.677. The van der Waals surface area contributed by atoms with E-state index in [1.165, 1.54) is 11.3 Å². The molecule has 22 heavy (non-hydrogen) atoms. The van der Waals surface area contributed by atoms with Crippen molar-refractivity contribution in [1.82, 2.24) is 4.98 Å². The first-order valence-electron chi connectivity index (χ1n) is 6.96. The third kappa shape index (κ3) is 2.85. The number of rotatable bonds is 4. The first kappa shape index (κ1) is 14.7. The van der Waals surface area contributed by atoms with E-state index in [9.17, 15) is 9.18 Å². The van der Waals surface area contributed by atoms with Crippen molar-refractivity contribution in [2.24, 2.45) is 0 Å². The van der Waals surface area contributed by atoms with Crippen molar-refractivity contribution in [3.05, 3.63) is 53.3 Å². The predicted octanol–water partition coefficient (Wildman–Crippen LogP) is 4.21. The molecule has 0 atom stereocenters. The second-order valence-corrected chi connectivity index (χ2v) is 5.63. The van der Waals surface area contributed by atoms with E-state index < -0.39 is 0 Å². The number of carbonyl (C=O) groups excluding carboxylic acids is 1. The van der Waals surface area contributed by atoms with Gasteiger partial charge >= 0.3 is 5.97 Å². The molecule has 1 heterocycles. The van der Waals surface area contributed by atoms with Crippen molar-refractivity contribution in [2.45, 2.75) is 13.3 Å². The maximum Gasteiger partial charge on any atom is 0.311 e. The number of thiazole rings is 1. The zero-order chi connectivity index (χ0) is 15.5. The number of fused-ring (bicyclic) bond motifs is 1. The lowest BCUT2D eigenvalue weighted by atomic mass is 10.1. The lowest BCUT2D eigenvalue weighted by Gasteiger charge is -2.04. The summed E-state index contributed by atoms with van der Waals surface area (Å²) in [6.45, 7) is 2.10. The van der Waals surface area contributed by atoms with E-state index in [1.807, 2.05) is 24.3 Å². The monoisotopic (exact) mass is 315 g/mol. The van der Waals surface area contributed by atoms with Gasteiger partial charge in [0.1, 0.15) is 10.8 Å². The summed E-state index contributed by atoms with van der Waals surface area (Å²) in [5, 5.41) is 3.76. The van der Waals surface area contributed by atoms with E-state index in [4.69, 9.17) is 4.74 Å². The topological polar surface area (TPSA) is 39.2 Å². The van der Waals surface area contributed by atoms with E-state index >= 15 is 0 Å². The summed E-state index contributed by atoms with van der Waals surface area (Å²) < 4.78 is 19.5. The molecule has 0 unspecified atom stereocenters. The van der Waals surface area contributed by atoms with Crippen molar-refractivity contribution in [3.8, 4) is 10.6 Å². The van der Waals surface area contributed by atoms with Gasteiger partial charge in [-0.1, -0.05) is 30.3 Å². The molecule has 0 radical (unpaired) electrons. The Bertz CT molecular complexity index is 828. The Morgan fingerprint density at radius 1 is 1.27 bits per heavy atom. The molecule has 0 aliphatic rings. The van der Waals surface area contributed by atoms with Crippen LogP contribution in [-0.2, 0) is 16.0 Å². The van der Waals surface area contributed by atoms with Crippen LogP contribution in [0.15, 0.2) is 41.8 Å². The molecule has 2 aromatic carbocycles. The molecular formula is C17H14FNO2S. The van der Waals surface area contributed by atoms with Gasteiger partial charge in [0, 0.05) is 16.3 Å². The third-order valence-corrected chi connectivity index (χ3v) is 4.20. The van der Waals surface area contributed by atoms with Crippen LogP contribution in [0.5, 0.6) is 0 Å². The minimum atomic E-state index is -0.321. The Morgan fingerprint density at radius 2 is 2.09 bits per heavy atom. The van der Waals surface area contributed by atoms with Crippen LogP contribution >= 0.6 is 11.3 Å². The van der Waals surface area contributed by atoms with Gasteiger partial charge in [0.05, 0.1) is 18.7 Å². The van der Waals surface area contributed by atoms with E-state index in [0.717, 1.165) is 5.39 Å². The highest BCUT2D eigenvalue weighted by Crippen LogP contribution is 2.31. The lowest BCUT2D eigenvalue weighted by Crippen LogP contribution is -2.07. The van der Waals surface area contributed by atoms with Crippen molar-refractivity contribution in [3.63, 3.8) is 0 Å². The van der Waals surface area contributed by atoms with Crippen LogP contribution in [0.25, 0.3) is 21.3 Å². The second kappa shape index (κ2) is 6.23. The summed E-state index contributed by atoms with van der Waals surface area (Å²) >= 11 is 1.33. The van der Waals surface area contributed by atoms with Gasteiger partial charge in [-0.2, -0.15) is 0 Å². The van der Waals surface area contributed by atoms with Crippen LogP contribution in [0, 0.1) is 5.82 Å². The molecule has 0 bridgehead atoms. The first-order chi connectivity index (χ1) is 10.7. The average Bonchev–Trinajstić information content (AvgIpc) is 2.96. The van der Waals surface area contributed by atoms with E-state index in [-0.39, 0.29) is 18.2 Å². The molecule has 1 aromatic heterocycles. The number of halogens is 1. The van der Waals surface area contributed by atoms with Gasteiger partial charge in [0.25, 0.3) is 0 Å². The summed E-state index contributed by atoms with van der Waals surface area (Å²) in [5.41, 5.74) is 1.06. The number of hydrogen-bond donors (Lipinski definition) is 0. The summed E-state index contributed by atoms with van der Waals surface area (Å²) in [6.07, 6.45) is 0.111. The number of carbonyl (C=O) groups is 1. The smallest absolute Gasteiger partial charge is 0.311 e. The van der Waals surface area contributed by atoms with Crippen LogP contribution in [0.4, 0.5) is 4.39 Å². The normalized spacial score (nSPS) is 10.8. The highest BCUT2D eigenvalue weighted by Gasteiger charge is 2.14. The van der Waals surface area contributed by atoms with Crippen molar-refractivity contribution >= 4 is 28.1 Å². The molecule has 0 spiro atoms. The molecule has 0 fully saturated rings. The van der Waals surface area contributed by atoms with Gasteiger partial charge in [-0.3, -0.25) is 4.79 Å². The van der Waals surface area contributed by atoms with E-state index in [1.54, 1.807) is 24.4 Å². The molecule has 0 saturated heterocycles. The number of aromatic nitrogens is 1. The Morgan fingerprint density at radius 3 is 2.91 bits per heavy atom. The molecule has 3 nitrogen and oxygen atoms in total. The fourth-order valence-corrected chi connectivity index (χ4v) is 3.11. The number of esters is 1. The van der Waals surface area contributed by atoms with Crippen LogP contribution in [-0.4, -0.2) is 17.6 Å². The maximum atomic E-state index is 14.6. The molecule has 112 valence electrons. The van der Waals surface area contributed by atoms with Gasteiger partial charge in [-0.05, 0) is 18.4 Å². The maximum absolute atomic E-state index is 14.6. The molecule has 3 aromatic rings. The number of hydrogen-bond acceptors (Lipinski definition) is 4. The third-order valence-electron chi connectivity index (χ3n) is 3.28. The van der Waals surface area contributed by atoms with E-state index in [2.05, 4.69) is 4.98 Å². The molecule has 5 heteroatoms. The number of benzene rings is 2.